The lowest BCUT2D eigenvalue weighted by atomic mass is 10.0. The maximum Gasteiger partial charge on any atom is 0.152 e. The Hall–Kier alpha value is -1.68. The number of thiocarbonyl (C=S) groups is 1. The van der Waals surface area contributed by atoms with Crippen LogP contribution < -0.4 is 5.32 Å². The van der Waals surface area contributed by atoms with Crippen LogP contribution in [0, 0.1) is 0 Å². The first-order valence-electron chi connectivity index (χ1n) is 6.90. The minimum Gasteiger partial charge on any atom is -0.370 e. The quantitative estimate of drug-likeness (QED) is 0.845. The van der Waals surface area contributed by atoms with Crippen LogP contribution in [-0.2, 0) is 11.2 Å². The minimum atomic E-state index is -0.248. The van der Waals surface area contributed by atoms with Gasteiger partial charge in [-0.1, -0.05) is 44.3 Å². The first-order valence-corrected chi connectivity index (χ1v) is 7.31. The highest BCUT2D eigenvalue weighted by Gasteiger charge is 2.16. The van der Waals surface area contributed by atoms with E-state index < -0.39 is 0 Å². The Morgan fingerprint density at radius 3 is 2.55 bits per heavy atom. The molecule has 0 spiro atoms. The van der Waals surface area contributed by atoms with E-state index in [4.69, 9.17) is 12.2 Å². The lowest BCUT2D eigenvalue weighted by molar-refractivity contribution is -0.118. The largest absolute Gasteiger partial charge is 0.370 e. The third-order valence-corrected chi connectivity index (χ3v) is 3.09. The van der Waals surface area contributed by atoms with Crippen molar-refractivity contribution in [1.82, 2.24) is 10.3 Å². The van der Waals surface area contributed by atoms with Crippen LogP contribution in [0.1, 0.15) is 33.3 Å². The van der Waals surface area contributed by atoms with E-state index in [1.807, 2.05) is 38.2 Å². The van der Waals surface area contributed by atoms with Gasteiger partial charge in [-0.05, 0) is 25.5 Å². The Morgan fingerprint density at radius 2 is 1.95 bits per heavy atom. The molecule has 108 valence electrons. The van der Waals surface area contributed by atoms with E-state index in [1.54, 1.807) is 13.8 Å². The van der Waals surface area contributed by atoms with Gasteiger partial charge in [0.05, 0.1) is 11.0 Å². The van der Waals surface area contributed by atoms with E-state index in [1.165, 1.54) is 0 Å². The fraction of sp³-hybridized carbons (Fsp3) is 0.375. The molecule has 2 N–H and O–H groups in total. The van der Waals surface area contributed by atoms with Crippen molar-refractivity contribution < 1.29 is 4.79 Å². The Morgan fingerprint density at radius 1 is 1.30 bits per heavy atom. The van der Waals surface area contributed by atoms with Crippen molar-refractivity contribution in [3.05, 3.63) is 36.0 Å². The second kappa shape index (κ2) is 7.80. The molecule has 1 heterocycles. The molecule has 0 bridgehead atoms. The van der Waals surface area contributed by atoms with Crippen molar-refractivity contribution >= 4 is 33.9 Å². The summed E-state index contributed by atoms with van der Waals surface area (Å²) in [6.07, 6.45) is 2.61. The number of carbonyl (C=O) groups is 1. The Bertz CT molecular complexity index is 589. The number of Topliss-reactive ketones (excluding diaryl/α,β-unsaturated/α-hetero) is 1. The van der Waals surface area contributed by atoms with Crippen molar-refractivity contribution in [2.24, 2.45) is 0 Å². The van der Waals surface area contributed by atoms with E-state index in [0.717, 1.165) is 16.5 Å². The van der Waals surface area contributed by atoms with Gasteiger partial charge in [-0.25, -0.2) is 0 Å². The molecule has 1 atom stereocenters. The zero-order valence-electron chi connectivity index (χ0n) is 12.5. The third kappa shape index (κ3) is 4.17. The van der Waals surface area contributed by atoms with Crippen LogP contribution in [0.3, 0.4) is 0 Å². The second-order valence-electron chi connectivity index (χ2n) is 4.43. The van der Waals surface area contributed by atoms with Gasteiger partial charge in [0, 0.05) is 23.5 Å². The lowest BCUT2D eigenvalue weighted by Crippen LogP contribution is -2.39. The minimum absolute atomic E-state index is 0.101. The molecule has 0 radical (unpaired) electrons. The average molecular weight is 290 g/mol. The summed E-state index contributed by atoms with van der Waals surface area (Å²) in [4.78, 5) is 15.5. The lowest BCUT2D eigenvalue weighted by Gasteiger charge is -2.15. The van der Waals surface area contributed by atoms with Crippen LogP contribution in [0.2, 0.25) is 0 Å². The summed E-state index contributed by atoms with van der Waals surface area (Å²) >= 11 is 5.01. The number of benzene rings is 1. The molecule has 0 aliphatic rings. The summed E-state index contributed by atoms with van der Waals surface area (Å²) in [6.45, 7) is 7.38. The van der Waals surface area contributed by atoms with Crippen molar-refractivity contribution in [1.29, 1.82) is 0 Å². The summed E-state index contributed by atoms with van der Waals surface area (Å²) in [6, 6.07) is 7.83. The van der Waals surface area contributed by atoms with Gasteiger partial charge >= 0.3 is 0 Å². The van der Waals surface area contributed by atoms with Gasteiger partial charge in [-0.15, -0.1) is 0 Å². The maximum atomic E-state index is 11.6. The first-order chi connectivity index (χ1) is 9.58. The number of fused-ring (bicyclic) bond motifs is 1. The predicted octanol–water partition coefficient (Wildman–Crippen LogP) is 3.63. The molecule has 1 aromatic heterocycles. The summed E-state index contributed by atoms with van der Waals surface area (Å²) in [7, 11) is 0. The number of H-pyrrole nitrogens is 1. The Kier molecular flexibility index (Phi) is 6.39. The number of ketones is 1. The molecular weight excluding hydrogens is 268 g/mol. The zero-order valence-corrected chi connectivity index (χ0v) is 13.3. The van der Waals surface area contributed by atoms with Crippen LogP contribution >= 0.6 is 12.2 Å². The molecule has 0 fully saturated rings. The monoisotopic (exact) mass is 290 g/mol. The molecule has 3 nitrogen and oxygen atoms in total. The standard InChI is InChI=1S/C14H16N2OS.C2H6/c1-9(17)14(16-10(2)18)7-11-8-15-13-6-4-3-5-12(11)13;1-2/h3-6,8,14-15H,7H2,1-2H3,(H,16,18);1-2H3. The summed E-state index contributed by atoms with van der Waals surface area (Å²) in [5.41, 5.74) is 2.23. The van der Waals surface area contributed by atoms with E-state index in [2.05, 4.69) is 16.4 Å². The van der Waals surface area contributed by atoms with Gasteiger partial charge in [-0.2, -0.15) is 0 Å². The van der Waals surface area contributed by atoms with Crippen LogP contribution in [-0.4, -0.2) is 21.8 Å². The number of carbonyl (C=O) groups excluding carboxylic acids is 1. The molecule has 0 aliphatic carbocycles. The van der Waals surface area contributed by atoms with Gasteiger partial charge < -0.3 is 10.3 Å². The van der Waals surface area contributed by atoms with Crippen molar-refractivity contribution in [2.75, 3.05) is 0 Å². The van der Waals surface area contributed by atoms with Gasteiger partial charge in [0.15, 0.2) is 5.78 Å². The Balaban J connectivity index is 0.000000956. The van der Waals surface area contributed by atoms with E-state index in [9.17, 15) is 4.79 Å². The molecule has 2 aromatic rings. The van der Waals surface area contributed by atoms with Crippen LogP contribution in [0.15, 0.2) is 30.5 Å². The van der Waals surface area contributed by atoms with Crippen LogP contribution in [0.25, 0.3) is 10.9 Å². The molecule has 0 amide bonds. The smallest absolute Gasteiger partial charge is 0.152 e. The fourth-order valence-electron chi connectivity index (χ4n) is 2.06. The van der Waals surface area contributed by atoms with Gasteiger partial charge in [0.2, 0.25) is 0 Å². The summed E-state index contributed by atoms with van der Waals surface area (Å²) < 4.78 is 0. The SMILES string of the molecule is CC.CC(=O)C(Cc1c[nH]c2ccccc12)NC(C)=S. The van der Waals surface area contributed by atoms with Crippen molar-refractivity contribution in [3.63, 3.8) is 0 Å². The van der Waals surface area contributed by atoms with Crippen LogP contribution in [0.4, 0.5) is 0 Å². The van der Waals surface area contributed by atoms with Gasteiger partial charge in [0.25, 0.3) is 0 Å². The molecule has 4 heteroatoms. The number of rotatable bonds is 4. The van der Waals surface area contributed by atoms with Crippen LogP contribution in [0.5, 0.6) is 0 Å². The number of para-hydroxylation sites is 1. The number of nitrogens with one attached hydrogen (secondary N) is 2. The topological polar surface area (TPSA) is 44.9 Å². The molecule has 1 unspecified atom stereocenters. The highest BCUT2D eigenvalue weighted by Crippen LogP contribution is 2.19. The highest BCUT2D eigenvalue weighted by molar-refractivity contribution is 7.80. The summed E-state index contributed by atoms with van der Waals surface area (Å²) in [5, 5.41) is 4.21. The fourth-order valence-corrected chi connectivity index (χ4v) is 2.20. The first kappa shape index (κ1) is 16.4. The van der Waals surface area contributed by atoms with Gasteiger partial charge in [0.1, 0.15) is 0 Å². The molecule has 2 rings (SSSR count). The average Bonchev–Trinajstić information content (AvgIpc) is 2.83. The molecule has 0 saturated heterocycles. The molecule has 1 aromatic carbocycles. The number of aromatic amines is 1. The molecule has 0 saturated carbocycles. The van der Waals surface area contributed by atoms with E-state index in [-0.39, 0.29) is 11.8 Å². The Labute approximate surface area is 125 Å². The molecular formula is C16H22N2OS. The third-order valence-electron chi connectivity index (χ3n) is 2.97. The highest BCUT2D eigenvalue weighted by atomic mass is 32.1. The second-order valence-corrected chi connectivity index (χ2v) is 5.04. The molecule has 0 aliphatic heterocycles. The van der Waals surface area contributed by atoms with Gasteiger partial charge in [-0.3, -0.25) is 4.79 Å². The summed E-state index contributed by atoms with van der Waals surface area (Å²) in [5.74, 6) is 0.101. The van der Waals surface area contributed by atoms with E-state index in [0.29, 0.717) is 11.4 Å². The molecule has 20 heavy (non-hydrogen) atoms. The predicted molar refractivity (Wildman–Crippen MR) is 89.2 cm³/mol. The van der Waals surface area contributed by atoms with Crippen molar-refractivity contribution in [3.8, 4) is 0 Å². The number of aromatic nitrogens is 1. The van der Waals surface area contributed by atoms with E-state index >= 15 is 0 Å². The number of hydrogen-bond acceptors (Lipinski definition) is 2. The van der Waals surface area contributed by atoms with Crippen molar-refractivity contribution in [2.45, 2.75) is 40.2 Å². The maximum absolute atomic E-state index is 11.6. The number of hydrogen-bond donors (Lipinski definition) is 2. The zero-order chi connectivity index (χ0) is 15.1. The normalized spacial score (nSPS) is 11.4.